The van der Waals surface area contributed by atoms with E-state index in [1.165, 1.54) is 10.6 Å². The van der Waals surface area contributed by atoms with Gasteiger partial charge in [0.05, 0.1) is 11.7 Å². The molecule has 1 aromatic carbocycles. The first-order chi connectivity index (χ1) is 9.56. The van der Waals surface area contributed by atoms with Gasteiger partial charge >= 0.3 is 0 Å². The van der Waals surface area contributed by atoms with E-state index >= 15 is 0 Å². The van der Waals surface area contributed by atoms with Crippen LogP contribution in [0.4, 0.5) is 5.69 Å². The number of hydrogen-bond donors (Lipinski definition) is 2. The Bertz CT molecular complexity index is 650. The first-order valence-electron chi connectivity index (χ1n) is 6.33. The number of amides is 1. The number of carbonyl (C=O) groups is 1. The number of nitrogens with one attached hydrogen (secondary N) is 1. The molecule has 1 atom stereocenters. The molecule has 0 saturated heterocycles. The SMILES string of the molecule is Cn1cc(NC(=O)C(N)Cc2ccccc2)ccc1=O. The van der Waals surface area contributed by atoms with E-state index in [1.807, 2.05) is 30.3 Å². The van der Waals surface area contributed by atoms with Crippen molar-refractivity contribution in [2.45, 2.75) is 12.5 Å². The summed E-state index contributed by atoms with van der Waals surface area (Å²) in [5.41, 5.74) is 7.32. The highest BCUT2D eigenvalue weighted by molar-refractivity contribution is 5.94. The van der Waals surface area contributed by atoms with Gasteiger partial charge in [-0.15, -0.1) is 0 Å². The van der Waals surface area contributed by atoms with Crippen molar-refractivity contribution in [1.82, 2.24) is 4.57 Å². The van der Waals surface area contributed by atoms with Gasteiger partial charge < -0.3 is 15.6 Å². The molecule has 1 unspecified atom stereocenters. The van der Waals surface area contributed by atoms with Gasteiger partial charge in [0.25, 0.3) is 0 Å². The number of pyridine rings is 1. The average molecular weight is 271 g/mol. The summed E-state index contributed by atoms with van der Waals surface area (Å²) in [7, 11) is 1.63. The Hall–Kier alpha value is -2.40. The molecule has 5 heteroatoms. The third-order valence-corrected chi connectivity index (χ3v) is 2.99. The Labute approximate surface area is 117 Å². The third kappa shape index (κ3) is 3.55. The van der Waals surface area contributed by atoms with Gasteiger partial charge in [-0.2, -0.15) is 0 Å². The van der Waals surface area contributed by atoms with Crippen molar-refractivity contribution >= 4 is 11.6 Å². The molecule has 5 nitrogen and oxygen atoms in total. The maximum Gasteiger partial charge on any atom is 0.250 e. The van der Waals surface area contributed by atoms with Crippen molar-refractivity contribution in [2.24, 2.45) is 12.8 Å². The molecular formula is C15H17N3O2. The van der Waals surface area contributed by atoms with Gasteiger partial charge in [-0.3, -0.25) is 9.59 Å². The minimum Gasteiger partial charge on any atom is -0.323 e. The van der Waals surface area contributed by atoms with Crippen LogP contribution in [0.15, 0.2) is 53.5 Å². The second kappa shape index (κ2) is 6.16. The van der Waals surface area contributed by atoms with Crippen LogP contribution in [0.3, 0.4) is 0 Å². The van der Waals surface area contributed by atoms with Crippen LogP contribution in [-0.2, 0) is 18.3 Å². The highest BCUT2D eigenvalue weighted by Gasteiger charge is 2.14. The van der Waals surface area contributed by atoms with Crippen molar-refractivity contribution in [2.75, 3.05) is 5.32 Å². The molecule has 104 valence electrons. The topological polar surface area (TPSA) is 77.1 Å². The zero-order chi connectivity index (χ0) is 14.5. The Morgan fingerprint density at radius 1 is 1.25 bits per heavy atom. The fraction of sp³-hybridized carbons (Fsp3) is 0.200. The number of aryl methyl sites for hydroxylation is 1. The van der Waals surface area contributed by atoms with Crippen molar-refractivity contribution in [3.63, 3.8) is 0 Å². The van der Waals surface area contributed by atoms with Gasteiger partial charge in [0.15, 0.2) is 0 Å². The molecule has 0 saturated carbocycles. The predicted molar refractivity (Wildman–Crippen MR) is 78.4 cm³/mol. The molecule has 1 amide bonds. The van der Waals surface area contributed by atoms with E-state index in [1.54, 1.807) is 19.3 Å². The van der Waals surface area contributed by atoms with E-state index in [0.717, 1.165) is 5.56 Å². The fourth-order valence-corrected chi connectivity index (χ4v) is 1.86. The molecule has 0 aliphatic carbocycles. The Morgan fingerprint density at radius 3 is 2.60 bits per heavy atom. The smallest absolute Gasteiger partial charge is 0.250 e. The lowest BCUT2D eigenvalue weighted by Crippen LogP contribution is -2.37. The van der Waals surface area contributed by atoms with Crippen LogP contribution in [0.5, 0.6) is 0 Å². The summed E-state index contributed by atoms with van der Waals surface area (Å²) >= 11 is 0. The van der Waals surface area contributed by atoms with Crippen molar-refractivity contribution in [3.05, 3.63) is 64.6 Å². The highest BCUT2D eigenvalue weighted by Crippen LogP contribution is 2.06. The molecule has 1 aromatic heterocycles. The number of rotatable bonds is 4. The summed E-state index contributed by atoms with van der Waals surface area (Å²) < 4.78 is 1.40. The van der Waals surface area contributed by atoms with E-state index in [0.29, 0.717) is 12.1 Å². The largest absolute Gasteiger partial charge is 0.323 e. The lowest BCUT2D eigenvalue weighted by molar-refractivity contribution is -0.117. The van der Waals surface area contributed by atoms with E-state index in [4.69, 9.17) is 5.73 Å². The highest BCUT2D eigenvalue weighted by atomic mass is 16.2. The normalized spacial score (nSPS) is 11.9. The maximum atomic E-state index is 12.0. The third-order valence-electron chi connectivity index (χ3n) is 2.99. The van der Waals surface area contributed by atoms with Crippen molar-refractivity contribution in [3.8, 4) is 0 Å². The minimum absolute atomic E-state index is 0.128. The molecule has 3 N–H and O–H groups in total. The molecule has 2 rings (SSSR count). The molecule has 1 heterocycles. The van der Waals surface area contributed by atoms with E-state index in [-0.39, 0.29) is 11.5 Å². The second-order valence-corrected chi connectivity index (χ2v) is 4.65. The Morgan fingerprint density at radius 2 is 1.95 bits per heavy atom. The molecule has 20 heavy (non-hydrogen) atoms. The van der Waals surface area contributed by atoms with E-state index in [9.17, 15) is 9.59 Å². The average Bonchev–Trinajstić information content (AvgIpc) is 2.44. The van der Waals surface area contributed by atoms with E-state index in [2.05, 4.69) is 5.32 Å². The summed E-state index contributed by atoms with van der Waals surface area (Å²) in [6, 6.07) is 11.9. The van der Waals surface area contributed by atoms with Gasteiger partial charge in [0.2, 0.25) is 11.5 Å². The Balaban J connectivity index is 2.00. The summed E-state index contributed by atoms with van der Waals surface area (Å²) in [4.78, 5) is 23.2. The van der Waals surface area contributed by atoms with Crippen LogP contribution >= 0.6 is 0 Å². The van der Waals surface area contributed by atoms with Crippen LogP contribution in [0, 0.1) is 0 Å². The van der Waals surface area contributed by atoms with Gasteiger partial charge in [0.1, 0.15) is 0 Å². The van der Waals surface area contributed by atoms with Crippen LogP contribution in [-0.4, -0.2) is 16.5 Å². The zero-order valence-corrected chi connectivity index (χ0v) is 11.2. The van der Waals surface area contributed by atoms with Gasteiger partial charge in [-0.1, -0.05) is 30.3 Å². The summed E-state index contributed by atoms with van der Waals surface area (Å²) in [6.07, 6.45) is 2.04. The van der Waals surface area contributed by atoms with Gasteiger partial charge in [-0.25, -0.2) is 0 Å². The first-order valence-corrected chi connectivity index (χ1v) is 6.33. The van der Waals surface area contributed by atoms with Crippen LogP contribution in [0.2, 0.25) is 0 Å². The molecule has 0 bridgehead atoms. The molecule has 0 fully saturated rings. The molecule has 0 aliphatic rings. The standard InChI is InChI=1S/C15H17N3O2/c1-18-10-12(7-8-14(18)19)17-15(20)13(16)9-11-5-3-2-4-6-11/h2-8,10,13H,9,16H2,1H3,(H,17,20). The predicted octanol–water partition coefficient (Wildman–Crippen LogP) is 0.894. The fourth-order valence-electron chi connectivity index (χ4n) is 1.86. The number of aromatic nitrogens is 1. The monoisotopic (exact) mass is 271 g/mol. The zero-order valence-electron chi connectivity index (χ0n) is 11.2. The summed E-state index contributed by atoms with van der Waals surface area (Å²) in [6.45, 7) is 0. The van der Waals surface area contributed by atoms with E-state index < -0.39 is 6.04 Å². The second-order valence-electron chi connectivity index (χ2n) is 4.65. The maximum absolute atomic E-state index is 12.0. The van der Waals surface area contributed by atoms with Crippen LogP contribution in [0.25, 0.3) is 0 Å². The lowest BCUT2D eigenvalue weighted by Gasteiger charge is -2.12. The van der Waals surface area contributed by atoms with Crippen LogP contribution < -0.4 is 16.6 Å². The number of carbonyl (C=O) groups excluding carboxylic acids is 1. The summed E-state index contributed by atoms with van der Waals surface area (Å²) in [5, 5.41) is 2.71. The number of hydrogen-bond acceptors (Lipinski definition) is 3. The minimum atomic E-state index is -0.630. The molecule has 0 spiro atoms. The quantitative estimate of drug-likeness (QED) is 0.867. The number of anilines is 1. The Kier molecular flexibility index (Phi) is 4.32. The molecular weight excluding hydrogens is 254 g/mol. The van der Waals surface area contributed by atoms with Crippen molar-refractivity contribution < 1.29 is 4.79 Å². The van der Waals surface area contributed by atoms with Gasteiger partial charge in [0, 0.05) is 19.3 Å². The number of nitrogens with zero attached hydrogens (tertiary/aromatic N) is 1. The molecule has 0 aliphatic heterocycles. The molecule has 2 aromatic rings. The van der Waals surface area contributed by atoms with Crippen LogP contribution in [0.1, 0.15) is 5.56 Å². The van der Waals surface area contributed by atoms with Crippen molar-refractivity contribution in [1.29, 1.82) is 0 Å². The number of nitrogens with two attached hydrogens (primary N) is 1. The summed E-state index contributed by atoms with van der Waals surface area (Å²) in [5.74, 6) is -0.271. The van der Waals surface area contributed by atoms with Gasteiger partial charge in [-0.05, 0) is 18.1 Å². The first kappa shape index (κ1) is 14.0. The lowest BCUT2D eigenvalue weighted by atomic mass is 10.1. The number of benzene rings is 1. The molecule has 0 radical (unpaired) electrons.